The molecule has 0 fully saturated rings. The van der Waals surface area contributed by atoms with Crippen molar-refractivity contribution in [3.8, 4) is 5.75 Å². The highest BCUT2D eigenvalue weighted by atomic mass is 16.5. The van der Waals surface area contributed by atoms with Crippen molar-refractivity contribution in [2.75, 3.05) is 32.9 Å². The lowest BCUT2D eigenvalue weighted by molar-refractivity contribution is 0.129. The van der Waals surface area contributed by atoms with Crippen molar-refractivity contribution in [3.05, 3.63) is 29.8 Å². The summed E-state index contributed by atoms with van der Waals surface area (Å²) in [6, 6.07) is 7.82. The lowest BCUT2D eigenvalue weighted by atomic mass is 10.2. The molecule has 23 heavy (non-hydrogen) atoms. The maximum Gasteiger partial charge on any atom is 0.314 e. The van der Waals surface area contributed by atoms with Crippen LogP contribution >= 0.6 is 0 Å². The summed E-state index contributed by atoms with van der Waals surface area (Å²) in [5.41, 5.74) is 1.21. The average molecular weight is 322 g/mol. The molecule has 0 radical (unpaired) electrons. The quantitative estimate of drug-likeness (QED) is 0.581. The summed E-state index contributed by atoms with van der Waals surface area (Å²) in [5.74, 6) is 0.864. The topological polar surface area (TPSA) is 59.6 Å². The van der Waals surface area contributed by atoms with E-state index < -0.39 is 0 Å². The molecular weight excluding hydrogens is 292 g/mol. The fourth-order valence-electron chi connectivity index (χ4n) is 1.89. The van der Waals surface area contributed by atoms with E-state index in [2.05, 4.69) is 17.6 Å². The minimum atomic E-state index is -0.131. The average Bonchev–Trinajstić information content (AvgIpc) is 2.55. The third kappa shape index (κ3) is 10.6. The van der Waals surface area contributed by atoms with Crippen molar-refractivity contribution in [2.45, 2.75) is 39.5 Å². The number of unbranched alkanes of at least 4 members (excludes halogenated alkanes) is 1. The highest BCUT2D eigenvalue weighted by Crippen LogP contribution is 2.11. The molecular formula is C18H30N2O3. The molecule has 5 heteroatoms. The number of ether oxygens (including phenoxy) is 2. The summed E-state index contributed by atoms with van der Waals surface area (Å²) >= 11 is 0. The molecule has 0 aliphatic carbocycles. The van der Waals surface area contributed by atoms with Crippen LogP contribution in [0.1, 0.15) is 38.2 Å². The molecule has 2 amide bonds. The number of carbonyl (C=O) groups is 1. The Morgan fingerprint density at radius 3 is 2.22 bits per heavy atom. The van der Waals surface area contributed by atoms with E-state index in [1.807, 2.05) is 31.2 Å². The molecule has 1 aromatic rings. The van der Waals surface area contributed by atoms with Gasteiger partial charge in [-0.2, -0.15) is 0 Å². The minimum absolute atomic E-state index is 0.131. The van der Waals surface area contributed by atoms with Gasteiger partial charge in [0, 0.05) is 26.3 Å². The summed E-state index contributed by atoms with van der Waals surface area (Å²) in [6.45, 7) is 7.52. The van der Waals surface area contributed by atoms with Crippen LogP contribution in [0.25, 0.3) is 0 Å². The number of nitrogens with one attached hydrogen (secondary N) is 2. The largest absolute Gasteiger partial charge is 0.494 e. The van der Waals surface area contributed by atoms with Gasteiger partial charge in [0.15, 0.2) is 0 Å². The van der Waals surface area contributed by atoms with Crippen molar-refractivity contribution >= 4 is 6.03 Å². The first-order chi connectivity index (χ1) is 11.2. The van der Waals surface area contributed by atoms with E-state index >= 15 is 0 Å². The molecule has 0 aliphatic rings. The predicted octanol–water partition coefficient (Wildman–Crippen LogP) is 3.27. The molecule has 0 atom stereocenters. The first kappa shape index (κ1) is 19.3. The summed E-state index contributed by atoms with van der Waals surface area (Å²) in [4.78, 5) is 11.5. The Labute approximate surface area is 139 Å². The van der Waals surface area contributed by atoms with Crippen LogP contribution in [0.3, 0.4) is 0 Å². The van der Waals surface area contributed by atoms with Gasteiger partial charge in [-0.3, -0.25) is 0 Å². The van der Waals surface area contributed by atoms with Crippen molar-refractivity contribution in [2.24, 2.45) is 0 Å². The standard InChI is InChI=1S/C18H30N2O3/c1-3-4-13-22-14-5-11-19-18(21)20-12-6-15-23-17-9-7-16(2)8-10-17/h7-10H,3-6,11-15H2,1-2H3,(H2,19,20,21). The van der Waals surface area contributed by atoms with Gasteiger partial charge in [-0.1, -0.05) is 31.0 Å². The Kier molecular flexibility index (Phi) is 10.7. The zero-order valence-corrected chi connectivity index (χ0v) is 14.4. The summed E-state index contributed by atoms with van der Waals surface area (Å²) < 4.78 is 11.0. The fourth-order valence-corrected chi connectivity index (χ4v) is 1.89. The van der Waals surface area contributed by atoms with Gasteiger partial charge in [0.25, 0.3) is 0 Å². The number of carbonyl (C=O) groups excluding carboxylic acids is 1. The van der Waals surface area contributed by atoms with Crippen LogP contribution in [0.15, 0.2) is 24.3 Å². The van der Waals surface area contributed by atoms with Crippen LogP contribution in [0, 0.1) is 6.92 Å². The predicted molar refractivity (Wildman–Crippen MR) is 93.0 cm³/mol. The number of rotatable bonds is 12. The number of amides is 2. The Hall–Kier alpha value is -1.75. The van der Waals surface area contributed by atoms with E-state index in [1.54, 1.807) is 0 Å². The van der Waals surface area contributed by atoms with Gasteiger partial charge in [-0.25, -0.2) is 4.79 Å². The van der Waals surface area contributed by atoms with Crippen LogP contribution < -0.4 is 15.4 Å². The van der Waals surface area contributed by atoms with Gasteiger partial charge < -0.3 is 20.1 Å². The minimum Gasteiger partial charge on any atom is -0.494 e. The van der Waals surface area contributed by atoms with Crippen molar-refractivity contribution in [1.82, 2.24) is 10.6 Å². The zero-order chi connectivity index (χ0) is 16.8. The lowest BCUT2D eigenvalue weighted by Gasteiger charge is -2.09. The van der Waals surface area contributed by atoms with E-state index in [1.165, 1.54) is 5.56 Å². The van der Waals surface area contributed by atoms with E-state index in [4.69, 9.17) is 9.47 Å². The van der Waals surface area contributed by atoms with E-state index in [0.29, 0.717) is 26.3 Å². The van der Waals surface area contributed by atoms with Gasteiger partial charge in [-0.05, 0) is 38.3 Å². The highest BCUT2D eigenvalue weighted by molar-refractivity contribution is 5.73. The maximum absolute atomic E-state index is 11.5. The second-order valence-corrected chi connectivity index (χ2v) is 5.52. The molecule has 130 valence electrons. The Balaban J connectivity index is 1.90. The molecule has 0 unspecified atom stereocenters. The first-order valence-electron chi connectivity index (χ1n) is 8.51. The Morgan fingerprint density at radius 1 is 0.957 bits per heavy atom. The van der Waals surface area contributed by atoms with Crippen LogP contribution in [0.2, 0.25) is 0 Å². The van der Waals surface area contributed by atoms with Crippen LogP contribution in [0.4, 0.5) is 4.79 Å². The summed E-state index contributed by atoms with van der Waals surface area (Å²) in [5, 5.41) is 5.64. The summed E-state index contributed by atoms with van der Waals surface area (Å²) in [6.07, 6.45) is 3.86. The Bertz CT molecular complexity index is 421. The van der Waals surface area contributed by atoms with Crippen molar-refractivity contribution in [1.29, 1.82) is 0 Å². The van der Waals surface area contributed by atoms with Gasteiger partial charge in [0.1, 0.15) is 5.75 Å². The number of urea groups is 1. The number of aryl methyl sites for hydroxylation is 1. The highest BCUT2D eigenvalue weighted by Gasteiger charge is 1.99. The first-order valence-corrected chi connectivity index (χ1v) is 8.51. The number of hydrogen-bond donors (Lipinski definition) is 2. The lowest BCUT2D eigenvalue weighted by Crippen LogP contribution is -2.37. The smallest absolute Gasteiger partial charge is 0.314 e. The molecule has 1 aromatic carbocycles. The van der Waals surface area contributed by atoms with E-state index in [-0.39, 0.29) is 6.03 Å². The molecule has 5 nitrogen and oxygen atoms in total. The Morgan fingerprint density at radius 2 is 1.57 bits per heavy atom. The fraction of sp³-hybridized carbons (Fsp3) is 0.611. The zero-order valence-electron chi connectivity index (χ0n) is 14.4. The molecule has 2 N–H and O–H groups in total. The molecule has 0 aromatic heterocycles. The molecule has 0 bridgehead atoms. The third-order valence-electron chi connectivity index (χ3n) is 3.29. The van der Waals surface area contributed by atoms with Gasteiger partial charge in [0.05, 0.1) is 6.61 Å². The molecule has 0 saturated heterocycles. The monoisotopic (exact) mass is 322 g/mol. The maximum atomic E-state index is 11.5. The van der Waals surface area contributed by atoms with Gasteiger partial charge in [-0.15, -0.1) is 0 Å². The molecule has 0 spiro atoms. The SMILES string of the molecule is CCCCOCCCNC(=O)NCCCOc1ccc(C)cc1. The third-order valence-corrected chi connectivity index (χ3v) is 3.29. The van der Waals surface area contributed by atoms with Crippen LogP contribution in [-0.4, -0.2) is 38.9 Å². The van der Waals surface area contributed by atoms with Crippen molar-refractivity contribution in [3.63, 3.8) is 0 Å². The normalized spacial score (nSPS) is 10.3. The second-order valence-electron chi connectivity index (χ2n) is 5.52. The molecule has 0 saturated carbocycles. The van der Waals surface area contributed by atoms with Gasteiger partial charge >= 0.3 is 6.03 Å². The molecule has 0 heterocycles. The number of benzene rings is 1. The van der Waals surface area contributed by atoms with Crippen molar-refractivity contribution < 1.29 is 14.3 Å². The molecule has 0 aliphatic heterocycles. The van der Waals surface area contributed by atoms with Crippen LogP contribution in [-0.2, 0) is 4.74 Å². The van der Waals surface area contributed by atoms with Crippen LogP contribution in [0.5, 0.6) is 5.75 Å². The van der Waals surface area contributed by atoms with E-state index in [0.717, 1.165) is 38.0 Å². The number of hydrogen-bond acceptors (Lipinski definition) is 3. The second kappa shape index (κ2) is 12.8. The molecule has 1 rings (SSSR count). The van der Waals surface area contributed by atoms with Gasteiger partial charge in [0.2, 0.25) is 0 Å². The van der Waals surface area contributed by atoms with E-state index in [9.17, 15) is 4.79 Å². The summed E-state index contributed by atoms with van der Waals surface area (Å²) in [7, 11) is 0.